The van der Waals surface area contributed by atoms with Crippen molar-refractivity contribution in [2.24, 2.45) is 0 Å². The first-order valence-electron chi connectivity index (χ1n) is 14.4. The van der Waals surface area contributed by atoms with Crippen molar-refractivity contribution in [3.8, 4) is 11.1 Å². The van der Waals surface area contributed by atoms with Gasteiger partial charge in [0.25, 0.3) is 0 Å². The van der Waals surface area contributed by atoms with Crippen molar-refractivity contribution < 1.29 is 8.83 Å². The number of hydrogen-bond donors (Lipinski definition) is 0. The third-order valence-corrected chi connectivity index (χ3v) is 8.32. The molecule has 6 aromatic carbocycles. The zero-order valence-corrected chi connectivity index (χ0v) is 23.1. The molecule has 0 saturated heterocycles. The van der Waals surface area contributed by atoms with Gasteiger partial charge in [-0.05, 0) is 59.0 Å². The Morgan fingerprint density at radius 3 is 2.05 bits per heavy atom. The van der Waals surface area contributed by atoms with Gasteiger partial charge < -0.3 is 8.83 Å². The maximum atomic E-state index is 6.53. The van der Waals surface area contributed by atoms with Crippen molar-refractivity contribution >= 4 is 71.8 Å². The van der Waals surface area contributed by atoms with E-state index in [1.54, 1.807) is 0 Å². The molecule has 43 heavy (non-hydrogen) atoms. The summed E-state index contributed by atoms with van der Waals surface area (Å²) in [4.78, 5) is 7.20. The van der Waals surface area contributed by atoms with Crippen LogP contribution in [-0.4, -0.2) is 4.98 Å². The molecule has 0 N–H and O–H groups in total. The Kier molecular flexibility index (Phi) is 5.16. The van der Waals surface area contributed by atoms with Crippen LogP contribution < -0.4 is 4.90 Å². The van der Waals surface area contributed by atoms with Crippen molar-refractivity contribution in [3.63, 3.8) is 0 Å². The van der Waals surface area contributed by atoms with Gasteiger partial charge in [-0.25, -0.2) is 4.98 Å². The van der Waals surface area contributed by atoms with Gasteiger partial charge in [0, 0.05) is 39.5 Å². The summed E-state index contributed by atoms with van der Waals surface area (Å²) in [6.07, 6.45) is 1.83. The number of aromatic nitrogens is 1. The first kappa shape index (κ1) is 23.8. The molecule has 0 unspecified atom stereocenters. The molecule has 0 bridgehead atoms. The van der Waals surface area contributed by atoms with Crippen LogP contribution in [0.5, 0.6) is 0 Å². The molecule has 0 amide bonds. The Labute approximate surface area is 247 Å². The number of rotatable bonds is 4. The highest BCUT2D eigenvalue weighted by Gasteiger charge is 2.22. The van der Waals surface area contributed by atoms with E-state index in [1.165, 1.54) is 5.56 Å². The fourth-order valence-corrected chi connectivity index (χ4v) is 6.28. The van der Waals surface area contributed by atoms with Gasteiger partial charge in [-0.1, -0.05) is 91.0 Å². The van der Waals surface area contributed by atoms with E-state index < -0.39 is 0 Å². The summed E-state index contributed by atoms with van der Waals surface area (Å²) in [6.45, 7) is 0. The maximum absolute atomic E-state index is 6.53. The molecule has 0 radical (unpaired) electrons. The maximum Gasteiger partial charge on any atom is 0.149 e. The number of anilines is 3. The van der Waals surface area contributed by atoms with Crippen LogP contribution in [0.4, 0.5) is 17.2 Å². The molecule has 0 aliphatic heterocycles. The Morgan fingerprint density at radius 2 is 1.16 bits per heavy atom. The molecular formula is C39H24N2O2. The molecule has 3 aromatic heterocycles. The fourth-order valence-electron chi connectivity index (χ4n) is 6.28. The predicted octanol–water partition coefficient (Wildman–Crippen LogP) is 11.2. The molecule has 0 saturated carbocycles. The van der Waals surface area contributed by atoms with Crippen LogP contribution in [0, 0.1) is 0 Å². The molecule has 0 fully saturated rings. The van der Waals surface area contributed by atoms with Crippen LogP contribution in [0.2, 0.25) is 0 Å². The van der Waals surface area contributed by atoms with Crippen LogP contribution >= 0.6 is 0 Å². The monoisotopic (exact) mass is 552 g/mol. The Hall–Kier alpha value is -5.87. The van der Waals surface area contributed by atoms with Gasteiger partial charge >= 0.3 is 0 Å². The van der Waals surface area contributed by atoms with Crippen LogP contribution in [0.15, 0.2) is 155 Å². The van der Waals surface area contributed by atoms with Crippen LogP contribution in [0.3, 0.4) is 0 Å². The van der Waals surface area contributed by atoms with Gasteiger partial charge in [0.2, 0.25) is 0 Å². The summed E-state index contributed by atoms with van der Waals surface area (Å²) in [5.74, 6) is 0.800. The molecule has 3 heterocycles. The van der Waals surface area contributed by atoms with Crippen LogP contribution in [-0.2, 0) is 0 Å². The van der Waals surface area contributed by atoms with E-state index in [0.717, 1.165) is 77.4 Å². The highest BCUT2D eigenvalue weighted by atomic mass is 16.3. The van der Waals surface area contributed by atoms with Gasteiger partial charge in [0.15, 0.2) is 0 Å². The summed E-state index contributed by atoms with van der Waals surface area (Å²) in [5.41, 5.74) is 7.66. The molecular weight excluding hydrogens is 528 g/mol. The van der Waals surface area contributed by atoms with Crippen LogP contribution in [0.25, 0.3) is 65.8 Å². The van der Waals surface area contributed by atoms with Crippen molar-refractivity contribution in [1.29, 1.82) is 0 Å². The lowest BCUT2D eigenvalue weighted by Crippen LogP contribution is -2.11. The Balaban J connectivity index is 1.30. The lowest BCUT2D eigenvalue weighted by atomic mass is 10.0. The van der Waals surface area contributed by atoms with E-state index in [-0.39, 0.29) is 0 Å². The molecule has 4 heteroatoms. The molecule has 9 aromatic rings. The minimum Gasteiger partial charge on any atom is -0.456 e. The zero-order valence-electron chi connectivity index (χ0n) is 23.1. The number of pyridine rings is 1. The van der Waals surface area contributed by atoms with Crippen molar-refractivity contribution in [2.45, 2.75) is 0 Å². The Bertz CT molecular complexity index is 2450. The Morgan fingerprint density at radius 1 is 0.465 bits per heavy atom. The highest BCUT2D eigenvalue weighted by molar-refractivity contribution is 6.19. The van der Waals surface area contributed by atoms with Crippen molar-refractivity contribution in [3.05, 3.63) is 146 Å². The van der Waals surface area contributed by atoms with Crippen molar-refractivity contribution in [1.82, 2.24) is 4.98 Å². The third-order valence-electron chi connectivity index (χ3n) is 8.32. The molecule has 0 atom stereocenters. The zero-order chi connectivity index (χ0) is 28.3. The predicted molar refractivity (Wildman–Crippen MR) is 176 cm³/mol. The molecule has 202 valence electrons. The minimum absolute atomic E-state index is 0.798. The standard InChI is InChI=1S/C39H24N2O2/c1-2-8-25(9-3-1)26-14-17-28(18-15-26)41(29-19-21-32-31-12-6-7-13-34(31)42-36(32)24-29)39-37-33-20-16-27-10-4-5-11-30(27)38(33)43-35(37)22-23-40-39/h1-24H. The number of furan rings is 2. The average molecular weight is 553 g/mol. The summed E-state index contributed by atoms with van der Waals surface area (Å²) in [6, 6.07) is 48.2. The number of fused-ring (bicyclic) bond motifs is 8. The lowest BCUT2D eigenvalue weighted by molar-refractivity contribution is 0.669. The van der Waals surface area contributed by atoms with Crippen molar-refractivity contribution in [2.75, 3.05) is 4.90 Å². The fraction of sp³-hybridized carbons (Fsp3) is 0. The van der Waals surface area contributed by atoms with E-state index in [1.807, 2.05) is 36.5 Å². The highest BCUT2D eigenvalue weighted by Crippen LogP contribution is 2.44. The molecule has 0 spiro atoms. The minimum atomic E-state index is 0.798. The van der Waals surface area contributed by atoms with E-state index in [0.29, 0.717) is 0 Å². The number of nitrogens with zero attached hydrogens (tertiary/aromatic N) is 2. The van der Waals surface area contributed by atoms with Gasteiger partial charge in [-0.3, -0.25) is 4.90 Å². The number of para-hydroxylation sites is 1. The van der Waals surface area contributed by atoms with Gasteiger partial charge in [-0.15, -0.1) is 0 Å². The van der Waals surface area contributed by atoms with Gasteiger partial charge in [-0.2, -0.15) is 0 Å². The summed E-state index contributed by atoms with van der Waals surface area (Å²) in [7, 11) is 0. The lowest BCUT2D eigenvalue weighted by Gasteiger charge is -2.25. The smallest absolute Gasteiger partial charge is 0.149 e. The third kappa shape index (κ3) is 3.74. The summed E-state index contributed by atoms with van der Waals surface area (Å²) < 4.78 is 12.8. The SMILES string of the molecule is c1ccc(-c2ccc(N(c3ccc4c(c3)oc3ccccc34)c3nccc4oc5c6ccccc6ccc5c34)cc2)cc1. The summed E-state index contributed by atoms with van der Waals surface area (Å²) >= 11 is 0. The summed E-state index contributed by atoms with van der Waals surface area (Å²) in [5, 5.41) is 6.44. The second-order valence-electron chi connectivity index (χ2n) is 10.8. The van der Waals surface area contributed by atoms with E-state index in [4.69, 9.17) is 13.8 Å². The molecule has 0 aliphatic carbocycles. The largest absolute Gasteiger partial charge is 0.456 e. The normalized spacial score (nSPS) is 11.7. The first-order valence-corrected chi connectivity index (χ1v) is 14.4. The van der Waals surface area contributed by atoms with E-state index in [2.05, 4.69) is 114 Å². The number of benzene rings is 6. The first-order chi connectivity index (χ1) is 21.3. The van der Waals surface area contributed by atoms with E-state index in [9.17, 15) is 0 Å². The molecule has 4 nitrogen and oxygen atoms in total. The molecule has 0 aliphatic rings. The average Bonchev–Trinajstić information content (AvgIpc) is 3.64. The second kappa shape index (κ2) is 9.33. The second-order valence-corrected chi connectivity index (χ2v) is 10.8. The molecule has 9 rings (SSSR count). The topological polar surface area (TPSA) is 42.4 Å². The quantitative estimate of drug-likeness (QED) is 0.218. The van der Waals surface area contributed by atoms with Crippen LogP contribution in [0.1, 0.15) is 0 Å². The van der Waals surface area contributed by atoms with Gasteiger partial charge in [0.1, 0.15) is 28.1 Å². The van der Waals surface area contributed by atoms with E-state index >= 15 is 0 Å². The number of hydrogen-bond acceptors (Lipinski definition) is 4. The van der Waals surface area contributed by atoms with Gasteiger partial charge in [0.05, 0.1) is 11.1 Å².